The minimum absolute atomic E-state index is 0.261. The number of pyridine rings is 1. The van der Waals surface area contributed by atoms with Gasteiger partial charge in [0.15, 0.2) is 5.92 Å². The van der Waals surface area contributed by atoms with Crippen LogP contribution in [0.2, 0.25) is 0 Å². The second-order valence-electron chi connectivity index (χ2n) is 3.51. The van der Waals surface area contributed by atoms with Gasteiger partial charge in [0.2, 0.25) is 0 Å². The molecule has 4 nitrogen and oxygen atoms in total. The van der Waals surface area contributed by atoms with Gasteiger partial charge in [-0.1, -0.05) is 13.0 Å². The van der Waals surface area contributed by atoms with E-state index in [-0.39, 0.29) is 5.78 Å². The smallest absolute Gasteiger partial charge is 0.322 e. The van der Waals surface area contributed by atoms with Crippen LogP contribution in [-0.4, -0.2) is 23.8 Å². The number of aromatic nitrogens is 1. The van der Waals surface area contributed by atoms with Gasteiger partial charge in [-0.3, -0.25) is 14.6 Å². The number of ketones is 1. The van der Waals surface area contributed by atoms with E-state index in [1.807, 2.05) is 13.0 Å². The third kappa shape index (κ3) is 2.66. The van der Waals surface area contributed by atoms with Crippen molar-refractivity contribution in [3.63, 3.8) is 0 Å². The van der Waals surface area contributed by atoms with Crippen LogP contribution in [0.5, 0.6) is 0 Å². The number of hydrogen-bond donors (Lipinski definition) is 0. The largest absolute Gasteiger partial charge is 0.468 e. The third-order valence-corrected chi connectivity index (χ3v) is 2.40. The molecule has 0 saturated heterocycles. The van der Waals surface area contributed by atoms with Gasteiger partial charge in [-0.05, 0) is 25.0 Å². The first-order chi connectivity index (χ1) is 7.60. The van der Waals surface area contributed by atoms with Crippen LogP contribution < -0.4 is 0 Å². The van der Waals surface area contributed by atoms with Gasteiger partial charge < -0.3 is 4.74 Å². The summed E-state index contributed by atoms with van der Waals surface area (Å²) in [5, 5.41) is 0. The van der Waals surface area contributed by atoms with Gasteiger partial charge in [-0.25, -0.2) is 0 Å². The van der Waals surface area contributed by atoms with E-state index in [1.165, 1.54) is 14.0 Å². The molecule has 0 bridgehead atoms. The van der Waals surface area contributed by atoms with E-state index < -0.39 is 11.9 Å². The molecule has 1 aromatic rings. The molecule has 0 N–H and O–H groups in total. The molecule has 1 aromatic heterocycles. The van der Waals surface area contributed by atoms with Crippen LogP contribution in [0.25, 0.3) is 0 Å². The lowest BCUT2D eigenvalue weighted by Crippen LogP contribution is -2.22. The number of carbonyl (C=O) groups is 2. The Morgan fingerprint density at radius 1 is 1.44 bits per heavy atom. The standard InChI is InChI=1S/C12H15NO3/c1-4-9-5-6-10(13-7-9)11(8(2)14)12(15)16-3/h5-7,11H,4H2,1-3H3. The molecule has 0 fully saturated rings. The fraction of sp³-hybridized carbons (Fsp3) is 0.417. The normalized spacial score (nSPS) is 11.9. The maximum Gasteiger partial charge on any atom is 0.322 e. The molecule has 86 valence electrons. The summed E-state index contributed by atoms with van der Waals surface area (Å²) in [6, 6.07) is 3.56. The number of carbonyl (C=O) groups excluding carboxylic acids is 2. The van der Waals surface area contributed by atoms with Gasteiger partial charge in [0, 0.05) is 6.20 Å². The molecule has 0 aromatic carbocycles. The molecule has 1 atom stereocenters. The molecular weight excluding hydrogens is 206 g/mol. The number of Topliss-reactive ketones (excluding diaryl/α,β-unsaturated/α-hetero) is 1. The SMILES string of the molecule is CCc1ccc(C(C(C)=O)C(=O)OC)nc1. The molecular formula is C12H15NO3. The summed E-state index contributed by atoms with van der Waals surface area (Å²) in [4.78, 5) is 26.9. The Morgan fingerprint density at radius 2 is 2.12 bits per heavy atom. The van der Waals surface area contributed by atoms with Crippen LogP contribution in [-0.2, 0) is 20.7 Å². The average Bonchev–Trinajstić information content (AvgIpc) is 2.29. The van der Waals surface area contributed by atoms with E-state index >= 15 is 0 Å². The van der Waals surface area contributed by atoms with E-state index in [2.05, 4.69) is 9.72 Å². The first-order valence-electron chi connectivity index (χ1n) is 5.13. The number of esters is 1. The summed E-state index contributed by atoms with van der Waals surface area (Å²) in [6.07, 6.45) is 2.55. The fourth-order valence-electron chi connectivity index (χ4n) is 1.43. The van der Waals surface area contributed by atoms with Crippen LogP contribution in [0.4, 0.5) is 0 Å². The Bertz CT molecular complexity index is 384. The van der Waals surface area contributed by atoms with E-state index in [4.69, 9.17) is 0 Å². The predicted octanol–water partition coefficient (Wildman–Crippen LogP) is 1.49. The zero-order valence-corrected chi connectivity index (χ0v) is 9.69. The minimum Gasteiger partial charge on any atom is -0.468 e. The molecule has 0 spiro atoms. The van der Waals surface area contributed by atoms with Crippen molar-refractivity contribution >= 4 is 11.8 Å². The number of hydrogen-bond acceptors (Lipinski definition) is 4. The second-order valence-corrected chi connectivity index (χ2v) is 3.51. The van der Waals surface area contributed by atoms with Crippen LogP contribution in [0.1, 0.15) is 31.0 Å². The van der Waals surface area contributed by atoms with E-state index in [0.29, 0.717) is 5.69 Å². The van der Waals surface area contributed by atoms with Crippen molar-refractivity contribution in [3.05, 3.63) is 29.6 Å². The average molecular weight is 221 g/mol. The maximum absolute atomic E-state index is 11.4. The lowest BCUT2D eigenvalue weighted by atomic mass is 10.00. The Morgan fingerprint density at radius 3 is 2.50 bits per heavy atom. The summed E-state index contributed by atoms with van der Waals surface area (Å²) in [6.45, 7) is 3.37. The lowest BCUT2D eigenvalue weighted by Gasteiger charge is -2.10. The first-order valence-corrected chi connectivity index (χ1v) is 5.13. The van der Waals surface area contributed by atoms with Crippen molar-refractivity contribution in [3.8, 4) is 0 Å². The number of rotatable bonds is 4. The van der Waals surface area contributed by atoms with Gasteiger partial charge in [0.1, 0.15) is 5.78 Å². The molecule has 0 aliphatic heterocycles. The van der Waals surface area contributed by atoms with E-state index in [1.54, 1.807) is 12.3 Å². The van der Waals surface area contributed by atoms with Crippen molar-refractivity contribution in [1.29, 1.82) is 0 Å². The van der Waals surface area contributed by atoms with Gasteiger partial charge in [0.05, 0.1) is 12.8 Å². The highest BCUT2D eigenvalue weighted by Gasteiger charge is 2.27. The van der Waals surface area contributed by atoms with Crippen LogP contribution in [0.3, 0.4) is 0 Å². The zero-order chi connectivity index (χ0) is 12.1. The first kappa shape index (κ1) is 12.4. The number of aryl methyl sites for hydroxylation is 1. The van der Waals surface area contributed by atoms with E-state index in [9.17, 15) is 9.59 Å². The van der Waals surface area contributed by atoms with Crippen LogP contribution in [0, 0.1) is 0 Å². The van der Waals surface area contributed by atoms with Crippen molar-refractivity contribution in [2.45, 2.75) is 26.2 Å². The Balaban J connectivity index is 3.02. The molecule has 16 heavy (non-hydrogen) atoms. The lowest BCUT2D eigenvalue weighted by molar-refractivity contribution is -0.145. The van der Waals surface area contributed by atoms with Gasteiger partial charge in [-0.15, -0.1) is 0 Å². The number of ether oxygens (including phenoxy) is 1. The Kier molecular flexibility index (Phi) is 4.17. The van der Waals surface area contributed by atoms with Crippen molar-refractivity contribution in [1.82, 2.24) is 4.98 Å². The molecule has 0 amide bonds. The molecule has 0 aliphatic carbocycles. The van der Waals surface area contributed by atoms with Crippen LogP contribution in [0.15, 0.2) is 18.3 Å². The highest BCUT2D eigenvalue weighted by atomic mass is 16.5. The quantitative estimate of drug-likeness (QED) is 0.571. The fourth-order valence-corrected chi connectivity index (χ4v) is 1.43. The van der Waals surface area contributed by atoms with Gasteiger partial charge in [0.25, 0.3) is 0 Å². The molecule has 0 saturated carbocycles. The Labute approximate surface area is 94.6 Å². The molecule has 1 unspecified atom stereocenters. The molecule has 1 rings (SSSR count). The molecule has 0 radical (unpaired) electrons. The number of nitrogens with zero attached hydrogens (tertiary/aromatic N) is 1. The highest BCUT2D eigenvalue weighted by molar-refractivity contribution is 6.02. The monoisotopic (exact) mass is 221 g/mol. The van der Waals surface area contributed by atoms with Gasteiger partial charge >= 0.3 is 5.97 Å². The predicted molar refractivity (Wildman–Crippen MR) is 59.1 cm³/mol. The second kappa shape index (κ2) is 5.39. The molecule has 4 heteroatoms. The van der Waals surface area contributed by atoms with Crippen LogP contribution >= 0.6 is 0 Å². The van der Waals surface area contributed by atoms with Crippen molar-refractivity contribution < 1.29 is 14.3 Å². The molecule has 1 heterocycles. The minimum atomic E-state index is -0.907. The summed E-state index contributed by atoms with van der Waals surface area (Å²) >= 11 is 0. The van der Waals surface area contributed by atoms with Gasteiger partial charge in [-0.2, -0.15) is 0 Å². The topological polar surface area (TPSA) is 56.3 Å². The maximum atomic E-state index is 11.4. The molecule has 0 aliphatic rings. The van der Waals surface area contributed by atoms with E-state index in [0.717, 1.165) is 12.0 Å². The Hall–Kier alpha value is -1.71. The highest BCUT2D eigenvalue weighted by Crippen LogP contribution is 2.16. The zero-order valence-electron chi connectivity index (χ0n) is 9.69. The summed E-state index contributed by atoms with van der Waals surface area (Å²) in [7, 11) is 1.26. The number of methoxy groups -OCH3 is 1. The third-order valence-electron chi connectivity index (χ3n) is 2.40. The summed E-state index contributed by atoms with van der Waals surface area (Å²) in [5.41, 5.74) is 1.51. The van der Waals surface area contributed by atoms with Crippen molar-refractivity contribution in [2.75, 3.05) is 7.11 Å². The summed E-state index contributed by atoms with van der Waals surface area (Å²) < 4.78 is 4.58. The summed E-state index contributed by atoms with van der Waals surface area (Å²) in [5.74, 6) is -1.73. The van der Waals surface area contributed by atoms with Crippen molar-refractivity contribution in [2.24, 2.45) is 0 Å².